The SMILES string of the molecule is CCOCC.O=C(O)C(O)C(O)C(=O)O.O=C1/C(=C/c2ccc(O)c(O)c2)Oc2cc(O)ccc21. The van der Waals surface area contributed by atoms with E-state index in [-0.39, 0.29) is 28.8 Å². The lowest BCUT2D eigenvalue weighted by molar-refractivity contribution is -0.165. The van der Waals surface area contributed by atoms with Gasteiger partial charge in [0.25, 0.3) is 0 Å². The Morgan fingerprint density at radius 2 is 1.49 bits per heavy atom. The van der Waals surface area contributed by atoms with E-state index in [1.54, 1.807) is 6.07 Å². The fraction of sp³-hybridized carbons (Fsp3) is 0.261. The largest absolute Gasteiger partial charge is 0.508 e. The van der Waals surface area contributed by atoms with Crippen LogP contribution in [-0.2, 0) is 14.3 Å². The van der Waals surface area contributed by atoms with Crippen LogP contribution in [0.25, 0.3) is 6.08 Å². The number of fused-ring (bicyclic) bond motifs is 1. The summed E-state index contributed by atoms with van der Waals surface area (Å²) in [6.07, 6.45) is -3.08. The first kappa shape index (κ1) is 28.9. The highest BCUT2D eigenvalue weighted by Gasteiger charge is 2.29. The Morgan fingerprint density at radius 1 is 0.914 bits per heavy atom. The quantitative estimate of drug-likeness (QED) is 0.224. The van der Waals surface area contributed by atoms with E-state index in [1.807, 2.05) is 13.8 Å². The van der Waals surface area contributed by atoms with Gasteiger partial charge >= 0.3 is 11.9 Å². The Labute approximate surface area is 199 Å². The zero-order chi connectivity index (χ0) is 26.7. The van der Waals surface area contributed by atoms with Gasteiger partial charge in [0, 0.05) is 19.3 Å². The van der Waals surface area contributed by atoms with Crippen LogP contribution in [0.4, 0.5) is 0 Å². The van der Waals surface area contributed by atoms with Crippen LogP contribution >= 0.6 is 0 Å². The molecule has 35 heavy (non-hydrogen) atoms. The van der Waals surface area contributed by atoms with E-state index in [2.05, 4.69) is 0 Å². The van der Waals surface area contributed by atoms with Crippen molar-refractivity contribution in [1.29, 1.82) is 0 Å². The Bertz CT molecular complexity index is 1060. The minimum atomic E-state index is -2.27. The molecule has 1 heterocycles. The molecule has 190 valence electrons. The zero-order valence-electron chi connectivity index (χ0n) is 18.8. The summed E-state index contributed by atoms with van der Waals surface area (Å²) >= 11 is 0. The Kier molecular flexibility index (Phi) is 11.2. The third-order valence-electron chi connectivity index (χ3n) is 4.16. The number of allylic oxidation sites excluding steroid dienone is 1. The van der Waals surface area contributed by atoms with E-state index in [9.17, 15) is 29.7 Å². The van der Waals surface area contributed by atoms with Crippen LogP contribution in [0.5, 0.6) is 23.0 Å². The molecule has 0 saturated heterocycles. The van der Waals surface area contributed by atoms with Gasteiger partial charge in [0.1, 0.15) is 11.5 Å². The van der Waals surface area contributed by atoms with E-state index in [0.29, 0.717) is 16.9 Å². The molecule has 0 aliphatic carbocycles. The number of carbonyl (C=O) groups is 3. The van der Waals surface area contributed by atoms with Crippen molar-refractivity contribution in [1.82, 2.24) is 0 Å². The highest BCUT2D eigenvalue weighted by molar-refractivity contribution is 6.14. The summed E-state index contributed by atoms with van der Waals surface area (Å²) in [7, 11) is 0. The van der Waals surface area contributed by atoms with Gasteiger partial charge in [-0.2, -0.15) is 0 Å². The van der Waals surface area contributed by atoms with Crippen LogP contribution < -0.4 is 4.74 Å². The summed E-state index contributed by atoms with van der Waals surface area (Å²) in [6, 6.07) is 8.44. The van der Waals surface area contributed by atoms with Crippen LogP contribution in [0.2, 0.25) is 0 Å². The summed E-state index contributed by atoms with van der Waals surface area (Å²) < 4.78 is 10.2. The van der Waals surface area contributed by atoms with Crippen LogP contribution in [-0.4, -0.2) is 78.9 Å². The molecular formula is C23H26O12. The Morgan fingerprint density at radius 3 is 1.94 bits per heavy atom. The fourth-order valence-electron chi connectivity index (χ4n) is 2.43. The maximum absolute atomic E-state index is 12.1. The number of hydrogen-bond acceptors (Lipinski definition) is 10. The van der Waals surface area contributed by atoms with E-state index >= 15 is 0 Å². The molecule has 2 aromatic carbocycles. The molecule has 7 N–H and O–H groups in total. The number of aliphatic hydroxyl groups is 2. The van der Waals surface area contributed by atoms with Gasteiger partial charge in [0.2, 0.25) is 5.78 Å². The molecule has 0 spiro atoms. The zero-order valence-corrected chi connectivity index (χ0v) is 18.8. The maximum Gasteiger partial charge on any atom is 0.335 e. The summed E-state index contributed by atoms with van der Waals surface area (Å²) in [5, 5.41) is 60.5. The lowest BCUT2D eigenvalue weighted by atomic mass is 10.1. The molecule has 0 fully saturated rings. The molecule has 2 atom stereocenters. The Hall–Kier alpha value is -4.13. The van der Waals surface area contributed by atoms with E-state index in [4.69, 9.17) is 29.9 Å². The average Bonchev–Trinajstić information content (AvgIpc) is 3.10. The molecule has 1 aliphatic rings. The first-order valence-electron chi connectivity index (χ1n) is 10.1. The number of ether oxygens (including phenoxy) is 2. The maximum atomic E-state index is 12.1. The van der Waals surface area contributed by atoms with Crippen molar-refractivity contribution in [3.8, 4) is 23.0 Å². The number of Topliss-reactive ketones (excluding diaryl/α,β-unsaturated/α-hetero) is 1. The second-order valence-electron chi connectivity index (χ2n) is 6.72. The van der Waals surface area contributed by atoms with E-state index in [0.717, 1.165) is 13.2 Å². The van der Waals surface area contributed by atoms with Crippen LogP contribution in [0.15, 0.2) is 42.2 Å². The van der Waals surface area contributed by atoms with Gasteiger partial charge in [0.15, 0.2) is 29.5 Å². The molecule has 0 saturated carbocycles. The molecule has 0 amide bonds. The highest BCUT2D eigenvalue weighted by Crippen LogP contribution is 2.35. The summed E-state index contributed by atoms with van der Waals surface area (Å²) in [6.45, 7) is 5.67. The number of benzene rings is 2. The second-order valence-corrected chi connectivity index (χ2v) is 6.72. The number of phenols is 3. The van der Waals surface area contributed by atoms with Crippen molar-refractivity contribution in [2.24, 2.45) is 0 Å². The predicted octanol–water partition coefficient (Wildman–Crippen LogP) is 1.34. The molecule has 3 rings (SSSR count). The number of ketones is 1. The van der Waals surface area contributed by atoms with Crippen molar-refractivity contribution >= 4 is 23.8 Å². The molecule has 0 bridgehead atoms. The highest BCUT2D eigenvalue weighted by atomic mass is 16.5. The van der Waals surface area contributed by atoms with Crippen LogP contribution in [0, 0.1) is 0 Å². The van der Waals surface area contributed by atoms with Gasteiger partial charge in [-0.3, -0.25) is 4.79 Å². The average molecular weight is 494 g/mol. The summed E-state index contributed by atoms with van der Waals surface area (Å²) in [5.74, 6) is -3.95. The third kappa shape index (κ3) is 8.62. The van der Waals surface area contributed by atoms with Gasteiger partial charge < -0.3 is 45.2 Å². The molecule has 12 heteroatoms. The number of aromatic hydroxyl groups is 3. The summed E-state index contributed by atoms with van der Waals surface area (Å²) in [4.78, 5) is 31.6. The van der Waals surface area contributed by atoms with E-state index < -0.39 is 24.1 Å². The molecule has 1 aliphatic heterocycles. The summed E-state index contributed by atoms with van der Waals surface area (Å²) in [5.41, 5.74) is 0.887. The number of rotatable bonds is 6. The van der Waals surface area contributed by atoms with Crippen molar-refractivity contribution in [2.75, 3.05) is 13.2 Å². The number of aliphatic carboxylic acids is 2. The lowest BCUT2D eigenvalue weighted by Gasteiger charge is -2.07. The standard InChI is InChI=1S/C15H10O5.C4H6O6.C4H10O/c16-9-2-3-10-13(7-9)20-14(15(10)19)6-8-1-4-11(17)12(18)5-8;5-1(3(7)8)2(6)4(9)10;1-3-5-4-2/h1-7,16-18H;1-2,5-6H,(H,7,8)(H,9,10);3-4H2,1-2H3/b14-6-;;. The minimum absolute atomic E-state index is 0.0140. The predicted molar refractivity (Wildman–Crippen MR) is 120 cm³/mol. The smallest absolute Gasteiger partial charge is 0.335 e. The lowest BCUT2D eigenvalue weighted by Crippen LogP contribution is -2.39. The number of carbonyl (C=O) groups excluding carboxylic acids is 1. The van der Waals surface area contributed by atoms with Gasteiger partial charge in [0.05, 0.1) is 5.56 Å². The number of phenolic OH excluding ortho intramolecular Hbond substituents is 3. The van der Waals surface area contributed by atoms with Gasteiger partial charge in [-0.15, -0.1) is 0 Å². The van der Waals surface area contributed by atoms with Crippen molar-refractivity contribution in [3.63, 3.8) is 0 Å². The second kappa shape index (κ2) is 13.5. The van der Waals surface area contributed by atoms with Crippen LogP contribution in [0.1, 0.15) is 29.8 Å². The van der Waals surface area contributed by atoms with Gasteiger partial charge in [-0.25, -0.2) is 9.59 Å². The number of hydrogen-bond donors (Lipinski definition) is 7. The van der Waals surface area contributed by atoms with Crippen molar-refractivity contribution in [3.05, 3.63) is 53.3 Å². The van der Waals surface area contributed by atoms with Gasteiger partial charge in [-0.1, -0.05) is 6.07 Å². The minimum Gasteiger partial charge on any atom is -0.508 e. The molecule has 2 aromatic rings. The molecular weight excluding hydrogens is 468 g/mol. The molecule has 12 nitrogen and oxygen atoms in total. The van der Waals surface area contributed by atoms with Crippen molar-refractivity contribution in [2.45, 2.75) is 26.1 Å². The van der Waals surface area contributed by atoms with Crippen molar-refractivity contribution < 1.29 is 59.6 Å². The molecule has 0 aromatic heterocycles. The molecule has 0 radical (unpaired) electrons. The molecule has 2 unspecified atom stereocenters. The first-order valence-corrected chi connectivity index (χ1v) is 10.1. The fourth-order valence-corrected chi connectivity index (χ4v) is 2.43. The van der Waals surface area contributed by atoms with E-state index in [1.165, 1.54) is 36.4 Å². The third-order valence-corrected chi connectivity index (χ3v) is 4.16. The normalized spacial score (nSPS) is 14.4. The Balaban J connectivity index is 0.000000343. The number of aliphatic hydroxyl groups excluding tert-OH is 2. The van der Waals surface area contributed by atoms with Crippen LogP contribution in [0.3, 0.4) is 0 Å². The topological polar surface area (TPSA) is 211 Å². The van der Waals surface area contributed by atoms with Gasteiger partial charge in [-0.05, 0) is 49.8 Å². The monoisotopic (exact) mass is 494 g/mol. The first-order chi connectivity index (χ1) is 16.4. The number of carboxylic acids is 2. The number of carboxylic acid groups (broad SMARTS) is 2.